The Morgan fingerprint density at radius 3 is 1.50 bits per heavy atom. The third kappa shape index (κ3) is 5.90. The van der Waals surface area contributed by atoms with E-state index in [1.54, 1.807) is 0 Å². The lowest BCUT2D eigenvalue weighted by Gasteiger charge is -2.31. The van der Waals surface area contributed by atoms with Gasteiger partial charge < -0.3 is 8.80 Å². The molecule has 0 saturated heterocycles. The molecule has 0 fully saturated rings. The summed E-state index contributed by atoms with van der Waals surface area (Å²) in [5, 5.41) is 7.82. The van der Waals surface area contributed by atoms with Crippen LogP contribution in [-0.2, 0) is 0 Å². The standard InChI is InChI=1S/C60H42N4/c1-5-17-49-45(13-1)57(41-27-23-39(24-28-41)53-37-63-35-11-9-21-55(63)61-53)46-14-2-6-18-50(46)59(49)43-31-33-44(34-32-43)60-51-19-7-3-15-47(51)58(48-16-4-8-20-52(48)60)42-29-25-40(26-30-42)54-38-64-36-12-10-22-56(64)62-54/h1-3,5-7,9-13,15-38,46H,4,8,14H2. The minimum absolute atomic E-state index is 0.248. The van der Waals surface area contributed by atoms with E-state index in [1.807, 2.05) is 30.3 Å². The van der Waals surface area contributed by atoms with Crippen LogP contribution in [0.5, 0.6) is 0 Å². The normalized spacial score (nSPS) is 15.4. The van der Waals surface area contributed by atoms with Crippen molar-refractivity contribution in [1.82, 2.24) is 18.8 Å². The maximum atomic E-state index is 4.89. The molecular weight excluding hydrogens is 777 g/mol. The molecule has 0 radical (unpaired) electrons. The van der Waals surface area contributed by atoms with Crippen LogP contribution in [0.3, 0.4) is 0 Å². The lowest BCUT2D eigenvalue weighted by atomic mass is 9.72. The van der Waals surface area contributed by atoms with E-state index in [-0.39, 0.29) is 5.92 Å². The molecule has 10 aromatic rings. The molecule has 4 heterocycles. The zero-order valence-corrected chi connectivity index (χ0v) is 35.2. The maximum absolute atomic E-state index is 4.89. The molecule has 0 aliphatic heterocycles. The van der Waals surface area contributed by atoms with Crippen molar-refractivity contribution in [1.29, 1.82) is 0 Å². The van der Waals surface area contributed by atoms with E-state index < -0.39 is 0 Å². The Morgan fingerprint density at radius 1 is 0.453 bits per heavy atom. The van der Waals surface area contributed by atoms with Gasteiger partial charge in [-0.05, 0) is 125 Å². The van der Waals surface area contributed by atoms with Crippen LogP contribution in [0.2, 0.25) is 0 Å². The third-order valence-corrected chi connectivity index (χ3v) is 13.6. The van der Waals surface area contributed by atoms with Crippen LogP contribution in [0.15, 0.2) is 206 Å². The molecule has 4 heteroatoms. The summed E-state index contributed by atoms with van der Waals surface area (Å²) in [7, 11) is 0. The fraction of sp³-hybridized carbons (Fsp3) is 0.0667. The molecule has 13 rings (SSSR count). The Balaban J connectivity index is 0.918. The van der Waals surface area contributed by atoms with Crippen molar-refractivity contribution in [3.63, 3.8) is 0 Å². The van der Waals surface area contributed by atoms with Gasteiger partial charge in [-0.15, -0.1) is 0 Å². The first-order valence-electron chi connectivity index (χ1n) is 22.4. The van der Waals surface area contributed by atoms with Crippen molar-refractivity contribution >= 4 is 45.4 Å². The molecule has 3 aliphatic rings. The van der Waals surface area contributed by atoms with Gasteiger partial charge in [-0.25, -0.2) is 9.97 Å². The molecule has 64 heavy (non-hydrogen) atoms. The number of benzene rings is 6. The Hall–Kier alpha value is -8.08. The predicted octanol–water partition coefficient (Wildman–Crippen LogP) is 11.1. The molecule has 0 amide bonds. The van der Waals surface area contributed by atoms with E-state index in [9.17, 15) is 0 Å². The monoisotopic (exact) mass is 818 g/mol. The predicted molar refractivity (Wildman–Crippen MR) is 263 cm³/mol. The van der Waals surface area contributed by atoms with Crippen LogP contribution in [0, 0.1) is 5.92 Å². The summed E-state index contributed by atoms with van der Waals surface area (Å²) >= 11 is 0. The molecule has 0 N–H and O–H groups in total. The van der Waals surface area contributed by atoms with Crippen molar-refractivity contribution in [2.75, 3.05) is 0 Å². The highest BCUT2D eigenvalue weighted by Gasteiger charge is 2.29. The van der Waals surface area contributed by atoms with Gasteiger partial charge in [0.05, 0.1) is 11.4 Å². The molecule has 3 aliphatic carbocycles. The van der Waals surface area contributed by atoms with Crippen molar-refractivity contribution in [2.45, 2.75) is 19.3 Å². The molecule has 0 bridgehead atoms. The number of aromatic nitrogens is 4. The first kappa shape index (κ1) is 36.6. The highest BCUT2D eigenvalue weighted by molar-refractivity contribution is 6.06. The number of fused-ring (bicyclic) bond motifs is 6. The molecule has 1 unspecified atom stereocenters. The molecule has 4 nitrogen and oxygen atoms in total. The fourth-order valence-electron chi connectivity index (χ4n) is 10.7. The van der Waals surface area contributed by atoms with E-state index >= 15 is 0 Å². The maximum Gasteiger partial charge on any atom is 0.137 e. The topological polar surface area (TPSA) is 34.6 Å². The van der Waals surface area contributed by atoms with Crippen LogP contribution in [-0.4, -0.2) is 18.8 Å². The van der Waals surface area contributed by atoms with Crippen LogP contribution < -0.4 is 20.9 Å². The Labute approximate surface area is 370 Å². The lowest BCUT2D eigenvalue weighted by molar-refractivity contribution is 0.798. The first-order chi connectivity index (χ1) is 31.7. The van der Waals surface area contributed by atoms with Gasteiger partial charge in [0.2, 0.25) is 0 Å². The van der Waals surface area contributed by atoms with E-state index in [2.05, 4.69) is 191 Å². The second-order valence-corrected chi connectivity index (χ2v) is 17.2. The summed E-state index contributed by atoms with van der Waals surface area (Å²) in [5.41, 5.74) is 17.8. The summed E-state index contributed by atoms with van der Waals surface area (Å²) < 4.78 is 4.16. The zero-order valence-electron chi connectivity index (χ0n) is 35.2. The number of rotatable bonds is 6. The van der Waals surface area contributed by atoms with Crippen LogP contribution in [0.25, 0.3) is 90.1 Å². The van der Waals surface area contributed by atoms with Gasteiger partial charge >= 0.3 is 0 Å². The fourth-order valence-corrected chi connectivity index (χ4v) is 10.7. The Bertz CT molecular complexity index is 3780. The van der Waals surface area contributed by atoms with Gasteiger partial charge in [-0.1, -0.05) is 164 Å². The van der Waals surface area contributed by atoms with Gasteiger partial charge in [-0.2, -0.15) is 0 Å². The third-order valence-electron chi connectivity index (χ3n) is 13.6. The van der Waals surface area contributed by atoms with Crippen LogP contribution in [0.1, 0.15) is 30.4 Å². The first-order valence-corrected chi connectivity index (χ1v) is 22.4. The zero-order chi connectivity index (χ0) is 42.1. The second kappa shape index (κ2) is 14.8. The average molecular weight is 819 g/mol. The summed E-state index contributed by atoms with van der Waals surface area (Å²) in [4.78, 5) is 9.78. The van der Waals surface area contributed by atoms with E-state index in [1.165, 1.54) is 81.7 Å². The minimum atomic E-state index is 0.248. The molecule has 6 aromatic carbocycles. The van der Waals surface area contributed by atoms with E-state index in [0.717, 1.165) is 53.1 Å². The average Bonchev–Trinajstić information content (AvgIpc) is 4.01. The van der Waals surface area contributed by atoms with Gasteiger partial charge in [-0.3, -0.25) is 0 Å². The Morgan fingerprint density at radius 2 is 0.938 bits per heavy atom. The number of nitrogens with zero attached hydrogens (tertiary/aromatic N) is 4. The van der Waals surface area contributed by atoms with Crippen molar-refractivity contribution in [3.8, 4) is 44.8 Å². The molecular formula is C60H42N4. The number of hydrogen-bond donors (Lipinski definition) is 0. The molecule has 302 valence electrons. The SMILES string of the molecule is C1=CCC2C(=C1)C(c1ccc(-c3c4c(c(-c5ccc(-c6cn7ccccc7n6)cc5)c5ccccc35)=CCCC=4)cc1)=c1ccccc1=C2c1ccc(-c2cn3ccccc3n2)cc1. The smallest absolute Gasteiger partial charge is 0.137 e. The summed E-state index contributed by atoms with van der Waals surface area (Å²) in [6.07, 6.45) is 23.2. The highest BCUT2D eigenvalue weighted by atomic mass is 15.0. The quantitative estimate of drug-likeness (QED) is 0.168. The van der Waals surface area contributed by atoms with Gasteiger partial charge in [0.1, 0.15) is 11.3 Å². The molecule has 0 spiro atoms. The van der Waals surface area contributed by atoms with Crippen LogP contribution >= 0.6 is 0 Å². The number of imidazole rings is 2. The summed E-state index contributed by atoms with van der Waals surface area (Å²) in [6.45, 7) is 0. The minimum Gasteiger partial charge on any atom is -0.306 e. The number of pyridine rings is 2. The van der Waals surface area contributed by atoms with Crippen molar-refractivity contribution in [2.24, 2.45) is 5.92 Å². The van der Waals surface area contributed by atoms with Gasteiger partial charge in [0, 0.05) is 41.8 Å². The van der Waals surface area contributed by atoms with Crippen molar-refractivity contribution < 1.29 is 0 Å². The molecule has 4 aromatic heterocycles. The number of allylic oxidation sites excluding steroid dienone is 4. The second-order valence-electron chi connectivity index (χ2n) is 17.2. The summed E-state index contributed by atoms with van der Waals surface area (Å²) in [5.74, 6) is 0.248. The van der Waals surface area contributed by atoms with Gasteiger partial charge in [0.15, 0.2) is 0 Å². The van der Waals surface area contributed by atoms with Crippen molar-refractivity contribution in [3.05, 3.63) is 238 Å². The largest absolute Gasteiger partial charge is 0.306 e. The molecule has 1 atom stereocenters. The summed E-state index contributed by atoms with van der Waals surface area (Å²) in [6, 6.07) is 57.8. The number of hydrogen-bond acceptors (Lipinski definition) is 2. The van der Waals surface area contributed by atoms with E-state index in [0.29, 0.717) is 0 Å². The molecule has 0 saturated carbocycles. The highest BCUT2D eigenvalue weighted by Crippen LogP contribution is 2.41. The van der Waals surface area contributed by atoms with E-state index in [4.69, 9.17) is 9.97 Å². The lowest BCUT2D eigenvalue weighted by Crippen LogP contribution is -2.37. The van der Waals surface area contributed by atoms with Gasteiger partial charge in [0.25, 0.3) is 0 Å². The Kier molecular flexibility index (Phi) is 8.45. The van der Waals surface area contributed by atoms with Crippen LogP contribution in [0.4, 0.5) is 0 Å².